The summed E-state index contributed by atoms with van der Waals surface area (Å²) in [6.45, 7) is 0. The Morgan fingerprint density at radius 1 is 1.12 bits per heavy atom. The maximum atomic E-state index is 5.72. The number of ether oxygens (including phenoxy) is 1. The minimum absolute atomic E-state index is 0.547. The van der Waals surface area contributed by atoms with Crippen LogP contribution in [-0.2, 0) is 5.75 Å². The van der Waals surface area contributed by atoms with E-state index in [1.807, 2.05) is 48.5 Å². The maximum absolute atomic E-state index is 5.72. The van der Waals surface area contributed by atoms with E-state index in [0.717, 1.165) is 22.5 Å². The van der Waals surface area contributed by atoms with Gasteiger partial charge in [-0.1, -0.05) is 23.9 Å². The normalized spacial score (nSPS) is 11.0. The monoisotopic (exact) mass is 339 g/mol. The molecule has 0 radical (unpaired) electrons. The molecule has 7 nitrogen and oxygen atoms in total. The molecule has 8 heteroatoms. The molecule has 0 saturated heterocycles. The van der Waals surface area contributed by atoms with Crippen molar-refractivity contribution in [2.45, 2.75) is 10.9 Å². The van der Waals surface area contributed by atoms with Gasteiger partial charge in [0.2, 0.25) is 11.0 Å². The highest BCUT2D eigenvalue weighted by molar-refractivity contribution is 7.98. The zero-order valence-corrected chi connectivity index (χ0v) is 13.6. The molecule has 24 heavy (non-hydrogen) atoms. The van der Waals surface area contributed by atoms with E-state index in [9.17, 15) is 0 Å². The number of benzene rings is 2. The summed E-state index contributed by atoms with van der Waals surface area (Å²) in [6, 6.07) is 15.2. The summed E-state index contributed by atoms with van der Waals surface area (Å²) in [5, 5.41) is 12.5. The van der Waals surface area contributed by atoms with E-state index in [1.54, 1.807) is 11.8 Å². The van der Waals surface area contributed by atoms with Gasteiger partial charge >= 0.3 is 0 Å². The Kier molecular flexibility index (Phi) is 3.87. The molecule has 2 aromatic heterocycles. The summed E-state index contributed by atoms with van der Waals surface area (Å²) in [5.74, 6) is 1.98. The minimum Gasteiger partial charge on any atom is -0.497 e. The molecule has 0 aliphatic heterocycles. The molecule has 4 aromatic rings. The fourth-order valence-electron chi connectivity index (χ4n) is 2.26. The first-order valence-corrected chi connectivity index (χ1v) is 8.22. The van der Waals surface area contributed by atoms with Gasteiger partial charge in [-0.05, 0) is 46.8 Å². The second-order valence-corrected chi connectivity index (χ2v) is 5.88. The van der Waals surface area contributed by atoms with Gasteiger partial charge in [-0.3, -0.25) is 0 Å². The van der Waals surface area contributed by atoms with Crippen molar-refractivity contribution in [3.05, 3.63) is 54.4 Å². The number of nitrogens with zero attached hydrogens (tertiary/aromatic N) is 5. The Bertz CT molecular complexity index is 931. The number of para-hydroxylation sites is 2. The Morgan fingerprint density at radius 2 is 1.96 bits per heavy atom. The molecular weight excluding hydrogens is 326 g/mol. The number of methoxy groups -OCH3 is 1. The van der Waals surface area contributed by atoms with Crippen LogP contribution in [0.2, 0.25) is 0 Å². The van der Waals surface area contributed by atoms with E-state index >= 15 is 0 Å². The highest BCUT2D eigenvalue weighted by Gasteiger charge is 2.12. The summed E-state index contributed by atoms with van der Waals surface area (Å²) >= 11 is 1.47. The molecule has 0 N–H and O–H groups in total. The van der Waals surface area contributed by atoms with Gasteiger partial charge in [0, 0.05) is 0 Å². The van der Waals surface area contributed by atoms with Crippen LogP contribution in [0.1, 0.15) is 5.89 Å². The summed E-state index contributed by atoms with van der Waals surface area (Å²) in [4.78, 5) is 4.46. The van der Waals surface area contributed by atoms with Crippen molar-refractivity contribution in [2.75, 3.05) is 7.11 Å². The van der Waals surface area contributed by atoms with Crippen molar-refractivity contribution in [1.29, 1.82) is 0 Å². The Morgan fingerprint density at radius 3 is 2.75 bits per heavy atom. The number of hydrogen-bond acceptors (Lipinski definition) is 7. The van der Waals surface area contributed by atoms with Gasteiger partial charge in [0.1, 0.15) is 11.3 Å². The zero-order chi connectivity index (χ0) is 16.4. The second kappa shape index (κ2) is 6.32. The maximum Gasteiger partial charge on any atom is 0.214 e. The fourth-order valence-corrected chi connectivity index (χ4v) is 3.00. The molecule has 0 aliphatic rings. The van der Waals surface area contributed by atoms with Crippen molar-refractivity contribution in [3.8, 4) is 11.4 Å². The highest BCUT2D eigenvalue weighted by Crippen LogP contribution is 2.25. The lowest BCUT2D eigenvalue weighted by molar-refractivity contribution is 0.414. The van der Waals surface area contributed by atoms with Gasteiger partial charge < -0.3 is 9.15 Å². The Hall–Kier alpha value is -2.87. The third-order valence-electron chi connectivity index (χ3n) is 3.42. The molecule has 0 atom stereocenters. The van der Waals surface area contributed by atoms with E-state index < -0.39 is 0 Å². The van der Waals surface area contributed by atoms with Crippen LogP contribution in [0.5, 0.6) is 5.75 Å². The zero-order valence-electron chi connectivity index (χ0n) is 12.8. The number of thioether (sulfide) groups is 1. The third kappa shape index (κ3) is 2.83. The molecule has 0 unspecified atom stereocenters. The van der Waals surface area contributed by atoms with Crippen molar-refractivity contribution in [3.63, 3.8) is 0 Å². The molecule has 4 rings (SSSR count). The van der Waals surface area contributed by atoms with E-state index in [0.29, 0.717) is 16.8 Å². The first-order valence-electron chi connectivity index (χ1n) is 7.23. The van der Waals surface area contributed by atoms with Crippen molar-refractivity contribution >= 4 is 22.9 Å². The number of hydrogen-bond donors (Lipinski definition) is 0. The largest absolute Gasteiger partial charge is 0.497 e. The third-order valence-corrected chi connectivity index (χ3v) is 4.32. The summed E-state index contributed by atoms with van der Waals surface area (Å²) in [6.07, 6.45) is 0. The number of oxazole rings is 1. The molecule has 120 valence electrons. The average molecular weight is 339 g/mol. The smallest absolute Gasteiger partial charge is 0.214 e. The topological polar surface area (TPSA) is 78.9 Å². The Balaban J connectivity index is 1.53. The lowest BCUT2D eigenvalue weighted by Crippen LogP contribution is -1.99. The molecule has 0 bridgehead atoms. The SMILES string of the molecule is COc1ccc(-n2nnnc2SCc2nc3ccccc3o2)cc1. The van der Waals surface area contributed by atoms with Crippen LogP contribution in [0.3, 0.4) is 0 Å². The molecule has 0 fully saturated rings. The van der Waals surface area contributed by atoms with E-state index in [1.165, 1.54) is 11.8 Å². The predicted molar refractivity (Wildman–Crippen MR) is 89.3 cm³/mol. The number of aromatic nitrogens is 5. The fraction of sp³-hybridized carbons (Fsp3) is 0.125. The van der Waals surface area contributed by atoms with E-state index in [4.69, 9.17) is 9.15 Å². The van der Waals surface area contributed by atoms with E-state index in [-0.39, 0.29) is 0 Å². The molecule has 0 saturated carbocycles. The quantitative estimate of drug-likeness (QED) is 0.517. The highest BCUT2D eigenvalue weighted by atomic mass is 32.2. The standard InChI is InChI=1S/C16H13N5O2S/c1-22-12-8-6-11(7-9-12)21-16(18-19-20-21)24-10-15-17-13-4-2-3-5-14(13)23-15/h2-9H,10H2,1H3. The number of rotatable bonds is 5. The lowest BCUT2D eigenvalue weighted by atomic mass is 10.3. The predicted octanol–water partition coefficient (Wildman–Crippen LogP) is 3.10. The molecular formula is C16H13N5O2S. The van der Waals surface area contributed by atoms with Crippen LogP contribution in [-0.4, -0.2) is 32.3 Å². The molecule has 2 aromatic carbocycles. The van der Waals surface area contributed by atoms with Crippen LogP contribution in [0.15, 0.2) is 58.1 Å². The summed E-state index contributed by atoms with van der Waals surface area (Å²) < 4.78 is 12.6. The average Bonchev–Trinajstić information content (AvgIpc) is 3.26. The van der Waals surface area contributed by atoms with Crippen LogP contribution in [0.25, 0.3) is 16.8 Å². The first-order chi connectivity index (χ1) is 11.8. The number of fused-ring (bicyclic) bond motifs is 1. The minimum atomic E-state index is 0.547. The van der Waals surface area contributed by atoms with Crippen LogP contribution in [0.4, 0.5) is 0 Å². The van der Waals surface area contributed by atoms with Crippen molar-refractivity contribution in [1.82, 2.24) is 25.2 Å². The number of tetrazole rings is 1. The first kappa shape index (κ1) is 14.7. The second-order valence-electron chi connectivity index (χ2n) is 4.94. The molecule has 2 heterocycles. The van der Waals surface area contributed by atoms with Crippen LogP contribution in [0, 0.1) is 0 Å². The lowest BCUT2D eigenvalue weighted by Gasteiger charge is -2.04. The van der Waals surface area contributed by atoms with E-state index in [2.05, 4.69) is 20.5 Å². The van der Waals surface area contributed by atoms with Gasteiger partial charge in [-0.25, -0.2) is 4.98 Å². The molecule has 0 spiro atoms. The van der Waals surface area contributed by atoms with Gasteiger partial charge in [0.15, 0.2) is 5.58 Å². The van der Waals surface area contributed by atoms with Gasteiger partial charge in [-0.2, -0.15) is 4.68 Å². The summed E-state index contributed by atoms with van der Waals surface area (Å²) in [7, 11) is 1.63. The molecule has 0 aliphatic carbocycles. The van der Waals surface area contributed by atoms with Crippen molar-refractivity contribution in [2.24, 2.45) is 0 Å². The van der Waals surface area contributed by atoms with Gasteiger partial charge in [-0.15, -0.1) is 5.10 Å². The van der Waals surface area contributed by atoms with Crippen LogP contribution >= 0.6 is 11.8 Å². The van der Waals surface area contributed by atoms with Crippen molar-refractivity contribution < 1.29 is 9.15 Å². The molecule has 0 amide bonds. The van der Waals surface area contributed by atoms with Gasteiger partial charge in [0.05, 0.1) is 18.6 Å². The van der Waals surface area contributed by atoms with Gasteiger partial charge in [0.25, 0.3) is 0 Å². The van der Waals surface area contributed by atoms with Crippen LogP contribution < -0.4 is 4.74 Å². The Labute approximate surface area is 141 Å². The summed E-state index contributed by atoms with van der Waals surface area (Å²) in [5.41, 5.74) is 2.49.